The zero-order chi connectivity index (χ0) is 19.5. The predicted molar refractivity (Wildman–Crippen MR) is 112 cm³/mol. The molecule has 5 nitrogen and oxygen atoms in total. The van der Waals surface area contributed by atoms with E-state index in [2.05, 4.69) is 39.9 Å². The van der Waals surface area contributed by atoms with Crippen molar-refractivity contribution in [3.63, 3.8) is 0 Å². The molecule has 0 saturated heterocycles. The molecule has 0 unspecified atom stereocenters. The fraction of sp³-hybridized carbons (Fsp3) is 0.227. The van der Waals surface area contributed by atoms with Crippen LogP contribution < -0.4 is 5.63 Å². The Kier molecular flexibility index (Phi) is 5.30. The number of hydrogen-bond donors (Lipinski definition) is 0. The van der Waals surface area contributed by atoms with Crippen molar-refractivity contribution in [2.24, 2.45) is 0 Å². The largest absolute Gasteiger partial charge is 0.423 e. The Balaban J connectivity index is 1.61. The van der Waals surface area contributed by atoms with Crippen molar-refractivity contribution in [1.29, 1.82) is 0 Å². The second-order valence-corrected chi connectivity index (χ2v) is 7.61. The lowest BCUT2D eigenvalue weighted by atomic mass is 10.1. The van der Waals surface area contributed by atoms with Crippen LogP contribution >= 0.6 is 11.8 Å². The first-order chi connectivity index (χ1) is 13.6. The standard InChI is InChI=1S/C22H21N3O2S/c1-3-16-9-10-19-18(12-21(26)27-20(19)11-16)14-28-22-24-23-15(2)25(22)13-17-7-5-4-6-8-17/h4-12H,3,13-14H2,1-2H3. The molecule has 2 aromatic carbocycles. The molecule has 142 valence electrons. The molecule has 0 spiro atoms. The van der Waals surface area contributed by atoms with Gasteiger partial charge in [0, 0.05) is 17.2 Å². The lowest BCUT2D eigenvalue weighted by Gasteiger charge is -2.09. The summed E-state index contributed by atoms with van der Waals surface area (Å²) in [5.41, 5.74) is 3.62. The number of benzene rings is 2. The SMILES string of the molecule is CCc1ccc2c(CSc3nnc(C)n3Cc3ccccc3)cc(=O)oc2c1. The second-order valence-electron chi connectivity index (χ2n) is 6.66. The van der Waals surface area contributed by atoms with Gasteiger partial charge in [-0.1, -0.05) is 61.2 Å². The minimum atomic E-state index is -0.321. The molecule has 0 bridgehead atoms. The molecule has 28 heavy (non-hydrogen) atoms. The molecule has 0 fully saturated rings. The van der Waals surface area contributed by atoms with Crippen molar-refractivity contribution in [2.75, 3.05) is 0 Å². The van der Waals surface area contributed by atoms with Gasteiger partial charge in [-0.05, 0) is 36.1 Å². The third-order valence-electron chi connectivity index (χ3n) is 4.74. The van der Waals surface area contributed by atoms with Crippen molar-refractivity contribution in [3.8, 4) is 0 Å². The molecule has 0 radical (unpaired) electrons. The summed E-state index contributed by atoms with van der Waals surface area (Å²) in [5, 5.41) is 10.4. The van der Waals surface area contributed by atoms with E-state index in [9.17, 15) is 4.79 Å². The Bertz CT molecular complexity index is 1170. The summed E-state index contributed by atoms with van der Waals surface area (Å²) in [6.45, 7) is 4.76. The minimum absolute atomic E-state index is 0.321. The molecular weight excluding hydrogens is 370 g/mol. The van der Waals surface area contributed by atoms with Crippen LogP contribution in [-0.2, 0) is 18.7 Å². The molecule has 0 atom stereocenters. The average Bonchev–Trinajstić information content (AvgIpc) is 3.05. The highest BCUT2D eigenvalue weighted by molar-refractivity contribution is 7.98. The molecule has 4 rings (SSSR count). The maximum Gasteiger partial charge on any atom is 0.336 e. The number of aryl methyl sites for hydroxylation is 2. The molecule has 6 heteroatoms. The van der Waals surface area contributed by atoms with Crippen LogP contribution in [-0.4, -0.2) is 14.8 Å². The van der Waals surface area contributed by atoms with E-state index in [-0.39, 0.29) is 5.63 Å². The lowest BCUT2D eigenvalue weighted by molar-refractivity contribution is 0.559. The van der Waals surface area contributed by atoms with E-state index < -0.39 is 0 Å². The Labute approximate surface area is 167 Å². The summed E-state index contributed by atoms with van der Waals surface area (Å²) < 4.78 is 7.51. The first kappa shape index (κ1) is 18.5. The normalized spacial score (nSPS) is 11.2. The van der Waals surface area contributed by atoms with Gasteiger partial charge in [0.25, 0.3) is 0 Å². The van der Waals surface area contributed by atoms with Crippen molar-refractivity contribution in [1.82, 2.24) is 14.8 Å². The Morgan fingerprint density at radius 2 is 1.86 bits per heavy atom. The van der Waals surface area contributed by atoms with E-state index in [0.29, 0.717) is 11.3 Å². The van der Waals surface area contributed by atoms with Gasteiger partial charge in [-0.15, -0.1) is 10.2 Å². The van der Waals surface area contributed by atoms with Gasteiger partial charge in [0.2, 0.25) is 0 Å². The highest BCUT2D eigenvalue weighted by Gasteiger charge is 2.12. The maximum absolute atomic E-state index is 12.0. The van der Waals surface area contributed by atoms with Crippen LogP contribution in [0, 0.1) is 6.92 Å². The zero-order valence-electron chi connectivity index (χ0n) is 15.9. The summed E-state index contributed by atoms with van der Waals surface area (Å²) in [4.78, 5) is 12.0. The van der Waals surface area contributed by atoms with E-state index in [1.165, 1.54) is 5.56 Å². The predicted octanol–water partition coefficient (Wildman–Crippen LogP) is 4.60. The van der Waals surface area contributed by atoms with Gasteiger partial charge in [0.1, 0.15) is 11.4 Å². The van der Waals surface area contributed by atoms with Crippen LogP contribution in [0.25, 0.3) is 11.0 Å². The van der Waals surface area contributed by atoms with Gasteiger partial charge in [-0.2, -0.15) is 0 Å². The number of rotatable bonds is 6. The number of hydrogen-bond acceptors (Lipinski definition) is 5. The van der Waals surface area contributed by atoms with Crippen LogP contribution in [0.15, 0.2) is 69.0 Å². The number of aromatic nitrogens is 3. The summed E-state index contributed by atoms with van der Waals surface area (Å²) in [7, 11) is 0. The monoisotopic (exact) mass is 391 g/mol. The van der Waals surface area contributed by atoms with Crippen LogP contribution in [0.1, 0.15) is 29.4 Å². The molecule has 0 aliphatic carbocycles. The zero-order valence-corrected chi connectivity index (χ0v) is 16.7. The molecule has 0 N–H and O–H groups in total. The van der Waals surface area contributed by atoms with E-state index in [4.69, 9.17) is 4.42 Å². The van der Waals surface area contributed by atoms with Gasteiger partial charge in [0.15, 0.2) is 5.16 Å². The van der Waals surface area contributed by atoms with Crippen molar-refractivity contribution < 1.29 is 4.42 Å². The highest BCUT2D eigenvalue weighted by Crippen LogP contribution is 2.27. The molecular formula is C22H21N3O2S. The second kappa shape index (κ2) is 8.02. The summed E-state index contributed by atoms with van der Waals surface area (Å²) in [6, 6.07) is 17.9. The van der Waals surface area contributed by atoms with Gasteiger partial charge in [-0.25, -0.2) is 4.79 Å². The molecule has 0 amide bonds. The Morgan fingerprint density at radius 1 is 1.04 bits per heavy atom. The van der Waals surface area contributed by atoms with Crippen molar-refractivity contribution in [2.45, 2.75) is 37.7 Å². The first-order valence-electron chi connectivity index (χ1n) is 9.26. The summed E-state index contributed by atoms with van der Waals surface area (Å²) in [5.74, 6) is 1.50. The fourth-order valence-electron chi connectivity index (χ4n) is 3.17. The van der Waals surface area contributed by atoms with E-state index in [0.717, 1.165) is 40.5 Å². The average molecular weight is 391 g/mol. The smallest absolute Gasteiger partial charge is 0.336 e. The van der Waals surface area contributed by atoms with E-state index in [1.54, 1.807) is 17.8 Å². The van der Waals surface area contributed by atoms with Crippen LogP contribution in [0.3, 0.4) is 0 Å². The molecule has 2 aromatic heterocycles. The third-order valence-corrected chi connectivity index (χ3v) is 5.76. The van der Waals surface area contributed by atoms with Crippen molar-refractivity contribution in [3.05, 3.63) is 87.5 Å². The fourth-order valence-corrected chi connectivity index (χ4v) is 4.15. The molecule has 0 aliphatic rings. The highest BCUT2D eigenvalue weighted by atomic mass is 32.2. The maximum atomic E-state index is 12.0. The molecule has 2 heterocycles. The topological polar surface area (TPSA) is 60.9 Å². The quantitative estimate of drug-likeness (QED) is 0.355. The van der Waals surface area contributed by atoms with E-state index in [1.807, 2.05) is 37.3 Å². The first-order valence-corrected chi connectivity index (χ1v) is 10.2. The lowest BCUT2D eigenvalue weighted by Crippen LogP contribution is -2.04. The van der Waals surface area contributed by atoms with Crippen molar-refractivity contribution >= 4 is 22.7 Å². The number of fused-ring (bicyclic) bond motifs is 1. The molecule has 0 saturated carbocycles. The van der Waals surface area contributed by atoms with Gasteiger partial charge in [0.05, 0.1) is 6.54 Å². The van der Waals surface area contributed by atoms with Gasteiger partial charge >= 0.3 is 5.63 Å². The Morgan fingerprint density at radius 3 is 2.64 bits per heavy atom. The summed E-state index contributed by atoms with van der Waals surface area (Å²) >= 11 is 1.58. The van der Waals surface area contributed by atoms with Gasteiger partial charge in [-0.3, -0.25) is 0 Å². The van der Waals surface area contributed by atoms with Crippen LogP contribution in [0.2, 0.25) is 0 Å². The van der Waals surface area contributed by atoms with Crippen LogP contribution in [0.5, 0.6) is 0 Å². The Hall–Kier alpha value is -2.86. The van der Waals surface area contributed by atoms with Gasteiger partial charge < -0.3 is 8.98 Å². The number of thioether (sulfide) groups is 1. The molecule has 4 aromatic rings. The minimum Gasteiger partial charge on any atom is -0.423 e. The van der Waals surface area contributed by atoms with E-state index >= 15 is 0 Å². The molecule has 0 aliphatic heterocycles. The summed E-state index contributed by atoms with van der Waals surface area (Å²) in [6.07, 6.45) is 0.903. The van der Waals surface area contributed by atoms with Crippen LogP contribution in [0.4, 0.5) is 0 Å². The number of nitrogens with zero attached hydrogens (tertiary/aromatic N) is 3. The third kappa shape index (κ3) is 3.87.